The van der Waals surface area contributed by atoms with Crippen LogP contribution >= 0.6 is 0 Å². The molecule has 1 aromatic carbocycles. The fourth-order valence-corrected chi connectivity index (χ4v) is 4.21. The highest BCUT2D eigenvalue weighted by Crippen LogP contribution is 2.27. The Labute approximate surface area is 145 Å². The van der Waals surface area contributed by atoms with E-state index in [9.17, 15) is 0 Å². The van der Waals surface area contributed by atoms with Crippen molar-refractivity contribution in [2.24, 2.45) is 0 Å². The molecule has 2 aromatic rings. The molecule has 2 fully saturated rings. The summed E-state index contributed by atoms with van der Waals surface area (Å²) >= 11 is 0. The van der Waals surface area contributed by atoms with Crippen LogP contribution in [0.25, 0.3) is 11.1 Å². The zero-order valence-corrected chi connectivity index (χ0v) is 14.3. The van der Waals surface area contributed by atoms with Gasteiger partial charge in [-0.1, -0.05) is 31.0 Å². The summed E-state index contributed by atoms with van der Waals surface area (Å²) in [5.74, 6) is 0. The largest absolute Gasteiger partial charge is 0.382 e. The third-order valence-electron chi connectivity index (χ3n) is 5.62. The molecule has 0 amide bonds. The van der Waals surface area contributed by atoms with Gasteiger partial charge >= 0.3 is 0 Å². The summed E-state index contributed by atoms with van der Waals surface area (Å²) in [6, 6.07) is 14.4. The summed E-state index contributed by atoms with van der Waals surface area (Å²) in [6.07, 6.45) is 12.0. The maximum atomic E-state index is 4.20. The molecule has 1 aliphatic heterocycles. The van der Waals surface area contributed by atoms with Gasteiger partial charge in [-0.25, -0.2) is 0 Å². The molecule has 1 saturated heterocycles. The third-order valence-corrected chi connectivity index (χ3v) is 5.62. The first-order valence-corrected chi connectivity index (χ1v) is 9.39. The molecule has 1 aliphatic carbocycles. The second-order valence-corrected chi connectivity index (χ2v) is 7.21. The van der Waals surface area contributed by atoms with Crippen LogP contribution in [0.2, 0.25) is 0 Å². The standard InChI is InChI=1S/C21H27N3/c1-2-6-21(5-1)24-14-11-20(12-15-24)23-19-9-7-17(8-10-19)18-4-3-13-22-16-18/h3-4,7-10,13,16,20-21,23H,1-2,5-6,11-12,14-15H2. The number of piperidine rings is 1. The minimum Gasteiger partial charge on any atom is -0.382 e. The van der Waals surface area contributed by atoms with Crippen LogP contribution in [0, 0.1) is 0 Å². The first kappa shape index (κ1) is 15.6. The molecule has 2 heterocycles. The molecule has 0 unspecified atom stereocenters. The van der Waals surface area contributed by atoms with E-state index in [1.165, 1.54) is 68.4 Å². The lowest BCUT2D eigenvalue weighted by Gasteiger charge is -2.36. The van der Waals surface area contributed by atoms with E-state index in [2.05, 4.69) is 45.5 Å². The monoisotopic (exact) mass is 321 g/mol. The van der Waals surface area contributed by atoms with Crippen molar-refractivity contribution in [3.05, 3.63) is 48.8 Å². The van der Waals surface area contributed by atoms with Gasteiger partial charge in [-0.05, 0) is 55.0 Å². The molecule has 0 atom stereocenters. The van der Waals surface area contributed by atoms with E-state index >= 15 is 0 Å². The van der Waals surface area contributed by atoms with Gasteiger partial charge in [0.1, 0.15) is 0 Å². The summed E-state index contributed by atoms with van der Waals surface area (Å²) in [6.45, 7) is 2.52. The van der Waals surface area contributed by atoms with Crippen molar-refractivity contribution in [1.82, 2.24) is 9.88 Å². The predicted octanol–water partition coefficient (Wildman–Crippen LogP) is 4.57. The maximum Gasteiger partial charge on any atom is 0.0346 e. The zero-order chi connectivity index (χ0) is 16.2. The highest BCUT2D eigenvalue weighted by molar-refractivity contribution is 5.65. The van der Waals surface area contributed by atoms with Crippen LogP contribution < -0.4 is 5.32 Å². The highest BCUT2D eigenvalue weighted by Gasteiger charge is 2.26. The van der Waals surface area contributed by atoms with Gasteiger partial charge < -0.3 is 10.2 Å². The van der Waals surface area contributed by atoms with Gasteiger partial charge in [0.15, 0.2) is 0 Å². The number of hydrogen-bond acceptors (Lipinski definition) is 3. The van der Waals surface area contributed by atoms with Crippen LogP contribution in [-0.2, 0) is 0 Å². The highest BCUT2D eigenvalue weighted by atomic mass is 15.2. The summed E-state index contributed by atoms with van der Waals surface area (Å²) in [5.41, 5.74) is 3.64. The quantitative estimate of drug-likeness (QED) is 0.894. The number of likely N-dealkylation sites (tertiary alicyclic amines) is 1. The Balaban J connectivity index is 1.31. The number of anilines is 1. The molecule has 3 heteroatoms. The number of rotatable bonds is 4. The van der Waals surface area contributed by atoms with Crippen molar-refractivity contribution >= 4 is 5.69 Å². The van der Waals surface area contributed by atoms with Gasteiger partial charge in [-0.3, -0.25) is 4.98 Å². The molecule has 1 N–H and O–H groups in total. The molecule has 24 heavy (non-hydrogen) atoms. The van der Waals surface area contributed by atoms with Crippen molar-refractivity contribution in [2.45, 2.75) is 50.6 Å². The number of nitrogens with zero attached hydrogens (tertiary/aromatic N) is 2. The third kappa shape index (κ3) is 3.62. The van der Waals surface area contributed by atoms with E-state index < -0.39 is 0 Å². The molecule has 2 aliphatic rings. The van der Waals surface area contributed by atoms with E-state index in [1.54, 1.807) is 0 Å². The Morgan fingerprint density at radius 1 is 0.875 bits per heavy atom. The number of benzene rings is 1. The molecule has 126 valence electrons. The predicted molar refractivity (Wildman–Crippen MR) is 100 cm³/mol. The Bertz CT molecular complexity index is 624. The number of pyridine rings is 1. The molecule has 1 saturated carbocycles. The summed E-state index contributed by atoms with van der Waals surface area (Å²) in [4.78, 5) is 6.93. The molecule has 4 rings (SSSR count). The molecule has 1 aromatic heterocycles. The first-order chi connectivity index (χ1) is 11.9. The maximum absolute atomic E-state index is 4.20. The van der Waals surface area contributed by atoms with E-state index in [0.29, 0.717) is 6.04 Å². The second-order valence-electron chi connectivity index (χ2n) is 7.21. The molecule has 0 spiro atoms. The lowest BCUT2D eigenvalue weighted by atomic mass is 10.0. The van der Waals surface area contributed by atoms with E-state index in [1.807, 2.05) is 18.5 Å². The van der Waals surface area contributed by atoms with Crippen LogP contribution in [0.5, 0.6) is 0 Å². The molecule has 3 nitrogen and oxygen atoms in total. The van der Waals surface area contributed by atoms with Crippen molar-refractivity contribution < 1.29 is 0 Å². The molecular weight excluding hydrogens is 294 g/mol. The smallest absolute Gasteiger partial charge is 0.0346 e. The van der Waals surface area contributed by atoms with Crippen molar-refractivity contribution in [3.8, 4) is 11.1 Å². The number of aromatic nitrogens is 1. The average molecular weight is 321 g/mol. The molecule has 0 bridgehead atoms. The Kier molecular flexibility index (Phi) is 4.79. The van der Waals surface area contributed by atoms with Gasteiger partial charge in [0.25, 0.3) is 0 Å². The molecule has 0 radical (unpaired) electrons. The minimum atomic E-state index is 0.617. The fourth-order valence-electron chi connectivity index (χ4n) is 4.21. The second kappa shape index (κ2) is 7.35. The number of nitrogens with one attached hydrogen (secondary N) is 1. The Morgan fingerprint density at radius 2 is 1.62 bits per heavy atom. The van der Waals surface area contributed by atoms with Crippen LogP contribution in [0.3, 0.4) is 0 Å². The lowest BCUT2D eigenvalue weighted by molar-refractivity contribution is 0.159. The lowest BCUT2D eigenvalue weighted by Crippen LogP contribution is -2.43. The average Bonchev–Trinajstić information content (AvgIpc) is 3.18. The van der Waals surface area contributed by atoms with Gasteiger partial charge in [0.2, 0.25) is 0 Å². The number of hydrogen-bond donors (Lipinski definition) is 1. The van der Waals surface area contributed by atoms with Crippen LogP contribution in [0.1, 0.15) is 38.5 Å². The van der Waals surface area contributed by atoms with E-state index in [4.69, 9.17) is 0 Å². The van der Waals surface area contributed by atoms with E-state index in [-0.39, 0.29) is 0 Å². The molecular formula is C21H27N3. The van der Waals surface area contributed by atoms with Crippen LogP contribution in [0.15, 0.2) is 48.8 Å². The van der Waals surface area contributed by atoms with Gasteiger partial charge in [0.05, 0.1) is 0 Å². The Hall–Kier alpha value is -1.87. The van der Waals surface area contributed by atoms with Gasteiger partial charge in [0, 0.05) is 43.3 Å². The van der Waals surface area contributed by atoms with Gasteiger partial charge in [-0.15, -0.1) is 0 Å². The summed E-state index contributed by atoms with van der Waals surface area (Å²) in [5, 5.41) is 3.73. The Morgan fingerprint density at radius 3 is 2.29 bits per heavy atom. The first-order valence-electron chi connectivity index (χ1n) is 9.39. The van der Waals surface area contributed by atoms with E-state index in [0.717, 1.165) is 6.04 Å². The topological polar surface area (TPSA) is 28.2 Å². The van der Waals surface area contributed by atoms with Crippen molar-refractivity contribution in [2.75, 3.05) is 18.4 Å². The van der Waals surface area contributed by atoms with Crippen LogP contribution in [0.4, 0.5) is 5.69 Å². The van der Waals surface area contributed by atoms with Gasteiger partial charge in [-0.2, -0.15) is 0 Å². The van der Waals surface area contributed by atoms with Crippen molar-refractivity contribution in [3.63, 3.8) is 0 Å². The van der Waals surface area contributed by atoms with Crippen LogP contribution in [-0.4, -0.2) is 35.1 Å². The normalized spacial score (nSPS) is 20.3. The summed E-state index contributed by atoms with van der Waals surface area (Å²) < 4.78 is 0. The minimum absolute atomic E-state index is 0.617. The zero-order valence-electron chi connectivity index (χ0n) is 14.3. The fraction of sp³-hybridized carbons (Fsp3) is 0.476. The van der Waals surface area contributed by atoms with Crippen molar-refractivity contribution in [1.29, 1.82) is 0 Å². The SMILES string of the molecule is c1cncc(-c2ccc(NC3CCN(C4CCCC4)CC3)cc2)c1. The summed E-state index contributed by atoms with van der Waals surface area (Å²) in [7, 11) is 0.